The molecule has 2 unspecified atom stereocenters. The lowest BCUT2D eigenvalue weighted by molar-refractivity contribution is -0.870. The standard InChI is InChI=1S/C48H88NO7P/c1-6-8-10-12-14-16-18-20-22-24-25-26-27-29-31-33-35-37-39-41-48(50)56-47(46-55-57(51,52)54-44-42-49(3,4)5)45-53-43-40-38-36-34-32-30-28-23-21-19-17-15-13-11-9-7-2/h14-17,20-23,25-26,47H,6-13,18-19,24,27-46H2,1-5H3/p+1/b16-14-,17-15-,22-20-,23-21-,26-25-. The van der Waals surface area contributed by atoms with Gasteiger partial charge in [0.2, 0.25) is 0 Å². The van der Waals surface area contributed by atoms with Crippen molar-refractivity contribution in [2.24, 2.45) is 0 Å². The van der Waals surface area contributed by atoms with Crippen molar-refractivity contribution < 1.29 is 37.3 Å². The maximum Gasteiger partial charge on any atom is 0.472 e. The minimum atomic E-state index is -4.29. The van der Waals surface area contributed by atoms with Gasteiger partial charge in [-0.3, -0.25) is 13.8 Å². The number of hydrogen-bond donors (Lipinski definition) is 1. The second-order valence-corrected chi connectivity index (χ2v) is 17.9. The first-order valence-electron chi connectivity index (χ1n) is 23.0. The number of allylic oxidation sites excluding steroid dienone is 10. The molecule has 0 aliphatic rings. The molecule has 0 saturated carbocycles. The van der Waals surface area contributed by atoms with Crippen LogP contribution in [0, 0.1) is 0 Å². The van der Waals surface area contributed by atoms with Crippen LogP contribution >= 0.6 is 7.82 Å². The van der Waals surface area contributed by atoms with E-state index in [2.05, 4.69) is 74.6 Å². The highest BCUT2D eigenvalue weighted by molar-refractivity contribution is 7.47. The molecule has 0 aliphatic heterocycles. The molecule has 0 amide bonds. The SMILES string of the molecule is CCCCC/C=C\C/C=C\C/C=C\CCCCCCCCC(=O)OC(COCCCCCCCC/C=C\C/C=C\CCCCC)COP(=O)(O)OCC[N+](C)(C)C. The van der Waals surface area contributed by atoms with Crippen molar-refractivity contribution >= 4 is 13.8 Å². The quantitative estimate of drug-likeness (QED) is 0.0215. The van der Waals surface area contributed by atoms with Crippen molar-refractivity contribution in [3.63, 3.8) is 0 Å². The summed E-state index contributed by atoms with van der Waals surface area (Å²) in [5.74, 6) is -0.332. The number of carbonyl (C=O) groups is 1. The predicted molar refractivity (Wildman–Crippen MR) is 242 cm³/mol. The molecular formula is C48H89NO7P+. The summed E-state index contributed by atoms with van der Waals surface area (Å²) in [6.45, 7) is 5.52. The number of esters is 1. The Morgan fingerprint density at radius 3 is 1.44 bits per heavy atom. The highest BCUT2D eigenvalue weighted by Crippen LogP contribution is 2.43. The molecule has 0 radical (unpaired) electrons. The summed E-state index contributed by atoms with van der Waals surface area (Å²) in [5.41, 5.74) is 0. The van der Waals surface area contributed by atoms with Crippen LogP contribution in [0.4, 0.5) is 0 Å². The van der Waals surface area contributed by atoms with E-state index in [1.54, 1.807) is 0 Å². The van der Waals surface area contributed by atoms with E-state index in [1.165, 1.54) is 89.9 Å². The largest absolute Gasteiger partial charge is 0.472 e. The summed E-state index contributed by atoms with van der Waals surface area (Å²) < 4.78 is 35.0. The van der Waals surface area contributed by atoms with Crippen molar-refractivity contribution in [1.82, 2.24) is 0 Å². The lowest BCUT2D eigenvalue weighted by Gasteiger charge is -2.24. The molecule has 1 N–H and O–H groups in total. The zero-order valence-electron chi connectivity index (χ0n) is 37.6. The van der Waals surface area contributed by atoms with Gasteiger partial charge in [0.15, 0.2) is 0 Å². The summed E-state index contributed by atoms with van der Waals surface area (Å²) in [7, 11) is 1.64. The van der Waals surface area contributed by atoms with E-state index in [9.17, 15) is 14.3 Å². The molecule has 57 heavy (non-hydrogen) atoms. The number of phosphoric ester groups is 1. The summed E-state index contributed by atoms with van der Waals surface area (Å²) >= 11 is 0. The Labute approximate surface area is 351 Å². The third-order valence-corrected chi connectivity index (χ3v) is 10.5. The molecule has 0 rings (SSSR count). The molecular weight excluding hydrogens is 734 g/mol. The average molecular weight is 823 g/mol. The zero-order valence-corrected chi connectivity index (χ0v) is 38.5. The van der Waals surface area contributed by atoms with E-state index in [0.717, 1.165) is 70.6 Å². The normalized spacial score (nSPS) is 14.3. The van der Waals surface area contributed by atoms with Crippen LogP contribution in [0.15, 0.2) is 60.8 Å². The molecule has 0 spiro atoms. The van der Waals surface area contributed by atoms with Gasteiger partial charge >= 0.3 is 13.8 Å². The van der Waals surface area contributed by atoms with Gasteiger partial charge in [-0.2, -0.15) is 0 Å². The maximum atomic E-state index is 12.7. The molecule has 2 atom stereocenters. The minimum Gasteiger partial charge on any atom is -0.457 e. The number of rotatable bonds is 42. The molecule has 9 heteroatoms. The van der Waals surface area contributed by atoms with Crippen LogP contribution in [0.5, 0.6) is 0 Å². The zero-order chi connectivity index (χ0) is 42.0. The van der Waals surface area contributed by atoms with Crippen LogP contribution in [-0.4, -0.2) is 75.6 Å². The van der Waals surface area contributed by atoms with E-state index in [4.69, 9.17) is 18.5 Å². The van der Waals surface area contributed by atoms with Gasteiger partial charge in [-0.15, -0.1) is 0 Å². The van der Waals surface area contributed by atoms with Gasteiger partial charge < -0.3 is 18.9 Å². The third-order valence-electron chi connectivity index (χ3n) is 9.55. The third kappa shape index (κ3) is 45.1. The van der Waals surface area contributed by atoms with Crippen LogP contribution in [0.3, 0.4) is 0 Å². The lowest BCUT2D eigenvalue weighted by atomic mass is 10.1. The van der Waals surface area contributed by atoms with Crippen molar-refractivity contribution in [3.05, 3.63) is 60.8 Å². The first-order valence-corrected chi connectivity index (χ1v) is 24.5. The Morgan fingerprint density at radius 1 is 0.544 bits per heavy atom. The summed E-state index contributed by atoms with van der Waals surface area (Å²) in [6, 6.07) is 0. The predicted octanol–water partition coefficient (Wildman–Crippen LogP) is 13.7. The maximum absolute atomic E-state index is 12.7. The van der Waals surface area contributed by atoms with Gasteiger partial charge in [0.1, 0.15) is 19.3 Å². The average Bonchev–Trinajstić information content (AvgIpc) is 3.16. The highest BCUT2D eigenvalue weighted by atomic mass is 31.2. The molecule has 0 aliphatic carbocycles. The van der Waals surface area contributed by atoms with Crippen molar-refractivity contribution in [3.8, 4) is 0 Å². The number of phosphoric acid groups is 1. The van der Waals surface area contributed by atoms with Gasteiger partial charge in [-0.1, -0.05) is 152 Å². The van der Waals surface area contributed by atoms with E-state index in [0.29, 0.717) is 24.1 Å². The summed E-state index contributed by atoms with van der Waals surface area (Å²) in [5, 5.41) is 0. The summed E-state index contributed by atoms with van der Waals surface area (Å²) in [6.07, 6.45) is 51.0. The molecule has 0 bridgehead atoms. The molecule has 8 nitrogen and oxygen atoms in total. The molecule has 0 aromatic heterocycles. The number of carbonyl (C=O) groups excluding carboxylic acids is 1. The van der Waals surface area contributed by atoms with Crippen LogP contribution in [0.2, 0.25) is 0 Å². The lowest BCUT2D eigenvalue weighted by Crippen LogP contribution is -2.37. The Morgan fingerprint density at radius 2 is 0.965 bits per heavy atom. The summed E-state index contributed by atoms with van der Waals surface area (Å²) in [4.78, 5) is 22.9. The Hall–Kier alpha value is -1.80. The molecule has 0 heterocycles. The number of likely N-dealkylation sites (N-methyl/N-ethyl adjacent to an activating group) is 1. The van der Waals surface area contributed by atoms with Gasteiger partial charge in [0.05, 0.1) is 34.4 Å². The molecule has 0 fully saturated rings. The van der Waals surface area contributed by atoms with Crippen LogP contribution in [0.1, 0.15) is 181 Å². The minimum absolute atomic E-state index is 0.0810. The first kappa shape index (κ1) is 55.2. The van der Waals surface area contributed by atoms with Crippen molar-refractivity contribution in [1.29, 1.82) is 0 Å². The topological polar surface area (TPSA) is 91.3 Å². The fraction of sp³-hybridized carbons (Fsp3) is 0.771. The van der Waals surface area contributed by atoms with E-state index in [1.807, 2.05) is 21.1 Å². The van der Waals surface area contributed by atoms with Crippen molar-refractivity contribution in [2.45, 2.75) is 187 Å². The van der Waals surface area contributed by atoms with E-state index >= 15 is 0 Å². The molecule has 332 valence electrons. The number of hydrogen-bond acceptors (Lipinski definition) is 6. The number of quaternary nitrogens is 1. The fourth-order valence-corrected chi connectivity index (χ4v) is 6.68. The monoisotopic (exact) mass is 823 g/mol. The van der Waals surface area contributed by atoms with Gasteiger partial charge in [0, 0.05) is 13.0 Å². The number of ether oxygens (including phenoxy) is 2. The smallest absolute Gasteiger partial charge is 0.457 e. The number of unbranched alkanes of at least 4 members (excludes halogenated alkanes) is 18. The number of nitrogens with zero attached hydrogens (tertiary/aromatic N) is 1. The molecule has 0 aromatic carbocycles. The van der Waals surface area contributed by atoms with Crippen LogP contribution in [-0.2, 0) is 27.9 Å². The van der Waals surface area contributed by atoms with Gasteiger partial charge in [-0.05, 0) is 83.5 Å². The van der Waals surface area contributed by atoms with E-state index in [-0.39, 0.29) is 25.8 Å². The molecule has 0 aromatic rings. The van der Waals surface area contributed by atoms with Gasteiger partial charge in [0.25, 0.3) is 0 Å². The molecule has 0 saturated heterocycles. The van der Waals surface area contributed by atoms with E-state index < -0.39 is 13.9 Å². The van der Waals surface area contributed by atoms with Crippen molar-refractivity contribution in [2.75, 3.05) is 54.1 Å². The van der Waals surface area contributed by atoms with Gasteiger partial charge in [-0.25, -0.2) is 4.57 Å². The van der Waals surface area contributed by atoms with Crippen LogP contribution < -0.4 is 0 Å². The Kier molecular flexibility index (Phi) is 39.7. The second kappa shape index (κ2) is 41.0. The second-order valence-electron chi connectivity index (χ2n) is 16.4. The van der Waals surface area contributed by atoms with Crippen LogP contribution in [0.25, 0.3) is 0 Å². The Bertz CT molecular complexity index is 1090. The fourth-order valence-electron chi connectivity index (χ4n) is 5.94. The Balaban J connectivity index is 4.27. The highest BCUT2D eigenvalue weighted by Gasteiger charge is 2.26. The first-order chi connectivity index (χ1) is 27.6.